The second-order valence-electron chi connectivity index (χ2n) is 4.94. The predicted octanol–water partition coefficient (Wildman–Crippen LogP) is 3.94. The Hall–Kier alpha value is -0.670. The van der Waals surface area contributed by atoms with Gasteiger partial charge in [-0.1, -0.05) is 12.1 Å². The molecular weight excluding hydrogens is 278 g/mol. The topological polar surface area (TPSA) is 29.1 Å². The first-order valence-corrected chi connectivity index (χ1v) is 8.49. The van der Waals surface area contributed by atoms with Crippen molar-refractivity contribution in [2.75, 3.05) is 22.7 Å². The summed E-state index contributed by atoms with van der Waals surface area (Å²) in [6.45, 7) is 0. The van der Waals surface area contributed by atoms with Gasteiger partial charge in [-0.25, -0.2) is 0 Å². The number of alkyl halides is 1. The Kier molecular flexibility index (Phi) is 6.05. The second-order valence-corrected chi connectivity index (χ2v) is 6.55. The zero-order valence-corrected chi connectivity index (χ0v) is 12.6. The third kappa shape index (κ3) is 5.07. The third-order valence-corrected chi connectivity index (χ3v) is 4.67. The van der Waals surface area contributed by atoms with Crippen molar-refractivity contribution in [3.63, 3.8) is 0 Å². The highest BCUT2D eigenvalue weighted by Crippen LogP contribution is 2.25. The van der Waals surface area contributed by atoms with Gasteiger partial charge in [-0.05, 0) is 54.4 Å². The Labute approximate surface area is 124 Å². The summed E-state index contributed by atoms with van der Waals surface area (Å²) in [5.41, 5.74) is 2.09. The van der Waals surface area contributed by atoms with E-state index in [9.17, 15) is 4.79 Å². The molecule has 1 amide bonds. The molecule has 1 aliphatic rings. The van der Waals surface area contributed by atoms with Gasteiger partial charge in [0.25, 0.3) is 0 Å². The second kappa shape index (κ2) is 7.81. The van der Waals surface area contributed by atoms with Crippen LogP contribution < -0.4 is 5.32 Å². The number of anilines is 1. The van der Waals surface area contributed by atoms with Gasteiger partial charge in [0, 0.05) is 18.0 Å². The van der Waals surface area contributed by atoms with E-state index in [4.69, 9.17) is 11.6 Å². The van der Waals surface area contributed by atoms with E-state index >= 15 is 0 Å². The van der Waals surface area contributed by atoms with Gasteiger partial charge in [0.15, 0.2) is 0 Å². The van der Waals surface area contributed by atoms with Crippen molar-refractivity contribution in [1.29, 1.82) is 0 Å². The fourth-order valence-electron chi connectivity index (χ4n) is 2.29. The van der Waals surface area contributed by atoms with E-state index in [0.717, 1.165) is 12.1 Å². The van der Waals surface area contributed by atoms with Crippen LogP contribution in [-0.4, -0.2) is 23.3 Å². The smallest absolute Gasteiger partial charge is 0.224 e. The fraction of sp³-hybridized carbons (Fsp3) is 0.533. The molecule has 1 fully saturated rings. The molecule has 1 aliphatic heterocycles. The molecule has 2 rings (SSSR count). The Balaban J connectivity index is 1.80. The third-order valence-electron chi connectivity index (χ3n) is 3.44. The quantitative estimate of drug-likeness (QED) is 0.834. The number of benzene rings is 1. The number of nitrogens with one attached hydrogen (secondary N) is 1. The van der Waals surface area contributed by atoms with Crippen LogP contribution in [0.2, 0.25) is 0 Å². The molecule has 0 aromatic heterocycles. The van der Waals surface area contributed by atoms with Crippen molar-refractivity contribution in [1.82, 2.24) is 0 Å². The fourth-order valence-corrected chi connectivity index (χ4v) is 3.71. The maximum Gasteiger partial charge on any atom is 0.224 e. The standard InChI is InChI=1S/C15H20ClNOS/c16-8-5-12-1-3-14(4-2-12)17-15(18)11-13-6-9-19-10-7-13/h1-4,13H,5-11H2,(H,17,18). The van der Waals surface area contributed by atoms with E-state index < -0.39 is 0 Å². The van der Waals surface area contributed by atoms with Crippen molar-refractivity contribution in [2.24, 2.45) is 5.92 Å². The normalized spacial score (nSPS) is 16.3. The van der Waals surface area contributed by atoms with Gasteiger partial charge < -0.3 is 5.32 Å². The van der Waals surface area contributed by atoms with E-state index in [0.29, 0.717) is 18.2 Å². The molecule has 1 N–H and O–H groups in total. The molecule has 0 unspecified atom stereocenters. The average molecular weight is 298 g/mol. The first kappa shape index (κ1) is 14.7. The molecule has 0 radical (unpaired) electrons. The lowest BCUT2D eigenvalue weighted by Crippen LogP contribution is -2.19. The molecule has 0 spiro atoms. The van der Waals surface area contributed by atoms with Crippen LogP contribution >= 0.6 is 23.4 Å². The number of carbonyl (C=O) groups is 1. The van der Waals surface area contributed by atoms with Crippen LogP contribution in [0.5, 0.6) is 0 Å². The number of thioether (sulfide) groups is 1. The van der Waals surface area contributed by atoms with E-state index in [1.807, 2.05) is 36.0 Å². The summed E-state index contributed by atoms with van der Waals surface area (Å²) in [5, 5.41) is 2.98. The number of aryl methyl sites for hydroxylation is 1. The van der Waals surface area contributed by atoms with Gasteiger partial charge in [0.05, 0.1) is 0 Å². The molecule has 104 valence electrons. The molecule has 1 saturated heterocycles. The maximum atomic E-state index is 12.0. The first-order valence-electron chi connectivity index (χ1n) is 6.80. The Bertz CT molecular complexity index is 401. The number of amides is 1. The summed E-state index contributed by atoms with van der Waals surface area (Å²) < 4.78 is 0. The van der Waals surface area contributed by atoms with Crippen LogP contribution in [0.25, 0.3) is 0 Å². The Morgan fingerprint density at radius 1 is 1.26 bits per heavy atom. The lowest BCUT2D eigenvalue weighted by atomic mass is 9.98. The monoisotopic (exact) mass is 297 g/mol. The summed E-state index contributed by atoms with van der Waals surface area (Å²) in [6.07, 6.45) is 3.87. The van der Waals surface area contributed by atoms with Crippen LogP contribution in [0.3, 0.4) is 0 Å². The van der Waals surface area contributed by atoms with E-state index in [1.165, 1.54) is 29.9 Å². The average Bonchev–Trinajstić information content (AvgIpc) is 2.42. The summed E-state index contributed by atoms with van der Waals surface area (Å²) in [6, 6.07) is 7.96. The number of hydrogen-bond acceptors (Lipinski definition) is 2. The van der Waals surface area contributed by atoms with Crippen molar-refractivity contribution >= 4 is 35.0 Å². The van der Waals surface area contributed by atoms with Crippen LogP contribution in [0.4, 0.5) is 5.69 Å². The summed E-state index contributed by atoms with van der Waals surface area (Å²) in [4.78, 5) is 12.0. The highest BCUT2D eigenvalue weighted by atomic mass is 35.5. The first-order chi connectivity index (χ1) is 9.28. The van der Waals surface area contributed by atoms with E-state index in [1.54, 1.807) is 0 Å². The SMILES string of the molecule is O=C(CC1CCSCC1)Nc1ccc(CCCl)cc1. The van der Waals surface area contributed by atoms with Crippen molar-refractivity contribution in [2.45, 2.75) is 25.7 Å². The molecule has 0 atom stereocenters. The predicted molar refractivity (Wildman–Crippen MR) is 84.2 cm³/mol. The van der Waals surface area contributed by atoms with Crippen molar-refractivity contribution in [3.05, 3.63) is 29.8 Å². The van der Waals surface area contributed by atoms with Gasteiger partial charge in [0.2, 0.25) is 5.91 Å². The largest absolute Gasteiger partial charge is 0.326 e. The highest BCUT2D eigenvalue weighted by Gasteiger charge is 2.17. The Morgan fingerprint density at radius 3 is 2.58 bits per heavy atom. The molecule has 4 heteroatoms. The highest BCUT2D eigenvalue weighted by molar-refractivity contribution is 7.99. The van der Waals surface area contributed by atoms with Crippen LogP contribution in [0.1, 0.15) is 24.8 Å². The minimum absolute atomic E-state index is 0.141. The van der Waals surface area contributed by atoms with E-state index in [2.05, 4.69) is 5.32 Å². The molecule has 1 heterocycles. The molecule has 0 saturated carbocycles. The van der Waals surface area contributed by atoms with E-state index in [-0.39, 0.29) is 5.91 Å². The zero-order chi connectivity index (χ0) is 13.5. The zero-order valence-electron chi connectivity index (χ0n) is 11.0. The van der Waals surface area contributed by atoms with Gasteiger partial charge in [-0.2, -0.15) is 11.8 Å². The summed E-state index contributed by atoms with van der Waals surface area (Å²) in [7, 11) is 0. The minimum atomic E-state index is 0.141. The number of halogens is 1. The number of hydrogen-bond donors (Lipinski definition) is 1. The molecular formula is C15H20ClNOS. The lowest BCUT2D eigenvalue weighted by molar-refractivity contribution is -0.117. The van der Waals surface area contributed by atoms with Gasteiger partial charge >= 0.3 is 0 Å². The van der Waals surface area contributed by atoms with Gasteiger partial charge in [-0.15, -0.1) is 11.6 Å². The molecule has 1 aromatic carbocycles. The molecule has 1 aromatic rings. The molecule has 19 heavy (non-hydrogen) atoms. The van der Waals surface area contributed by atoms with Crippen molar-refractivity contribution in [3.8, 4) is 0 Å². The Morgan fingerprint density at radius 2 is 1.95 bits per heavy atom. The van der Waals surface area contributed by atoms with Gasteiger partial charge in [-0.3, -0.25) is 4.79 Å². The molecule has 0 bridgehead atoms. The number of carbonyl (C=O) groups excluding carboxylic acids is 1. The summed E-state index contributed by atoms with van der Waals surface area (Å²) in [5.74, 6) is 3.74. The minimum Gasteiger partial charge on any atom is -0.326 e. The maximum absolute atomic E-state index is 12.0. The lowest BCUT2D eigenvalue weighted by Gasteiger charge is -2.20. The van der Waals surface area contributed by atoms with Crippen LogP contribution in [0, 0.1) is 5.92 Å². The molecule has 2 nitrogen and oxygen atoms in total. The molecule has 0 aliphatic carbocycles. The van der Waals surface area contributed by atoms with Crippen LogP contribution in [-0.2, 0) is 11.2 Å². The number of rotatable bonds is 5. The van der Waals surface area contributed by atoms with Gasteiger partial charge in [0.1, 0.15) is 0 Å². The van der Waals surface area contributed by atoms with Crippen LogP contribution in [0.15, 0.2) is 24.3 Å². The van der Waals surface area contributed by atoms with Crippen molar-refractivity contribution < 1.29 is 4.79 Å². The summed E-state index contributed by atoms with van der Waals surface area (Å²) >= 11 is 7.69.